The van der Waals surface area contributed by atoms with E-state index >= 15 is 0 Å². The predicted octanol–water partition coefficient (Wildman–Crippen LogP) is 4.92. The molecule has 3 aromatic rings. The molecule has 1 aliphatic heterocycles. The van der Waals surface area contributed by atoms with Gasteiger partial charge in [-0.05, 0) is 61.1 Å². The van der Waals surface area contributed by atoms with Gasteiger partial charge in [-0.1, -0.05) is 18.1 Å². The van der Waals surface area contributed by atoms with Crippen LogP contribution in [-0.4, -0.2) is 12.3 Å². The third-order valence-electron chi connectivity index (χ3n) is 4.74. The zero-order chi connectivity index (χ0) is 17.2. The molecule has 1 aliphatic rings. The third-order valence-corrected chi connectivity index (χ3v) is 4.74. The van der Waals surface area contributed by atoms with Gasteiger partial charge >= 0.3 is 0 Å². The second-order valence-electron chi connectivity index (χ2n) is 6.32. The van der Waals surface area contributed by atoms with Gasteiger partial charge in [0.05, 0.1) is 6.26 Å². The van der Waals surface area contributed by atoms with Crippen molar-refractivity contribution in [2.75, 3.05) is 6.54 Å². The van der Waals surface area contributed by atoms with Crippen molar-refractivity contribution in [3.8, 4) is 12.3 Å². The number of aryl methyl sites for hydroxylation is 1. The summed E-state index contributed by atoms with van der Waals surface area (Å²) in [5, 5.41) is 0.986. The fourth-order valence-electron chi connectivity index (χ4n) is 3.53. The molecule has 0 atom stereocenters. The Bertz CT molecular complexity index is 1010. The van der Waals surface area contributed by atoms with Crippen LogP contribution in [0.15, 0.2) is 52.1 Å². The molecule has 0 bridgehead atoms. The van der Waals surface area contributed by atoms with Crippen molar-refractivity contribution in [1.82, 2.24) is 0 Å². The van der Waals surface area contributed by atoms with Crippen LogP contribution in [0, 0.1) is 18.2 Å². The van der Waals surface area contributed by atoms with E-state index in [1.807, 2.05) is 24.3 Å². The second-order valence-corrected chi connectivity index (χ2v) is 6.32. The van der Waals surface area contributed by atoms with Crippen LogP contribution in [0.2, 0.25) is 0 Å². The van der Waals surface area contributed by atoms with Gasteiger partial charge in [0.25, 0.3) is 0 Å². The van der Waals surface area contributed by atoms with Crippen molar-refractivity contribution < 1.29 is 8.81 Å². The monoisotopic (exact) mass is 331 g/mol. The first-order chi connectivity index (χ1) is 12.3. The average molecular weight is 331 g/mol. The second kappa shape index (κ2) is 6.57. The molecule has 0 saturated carbocycles. The number of benzene rings is 2. The normalized spacial score (nSPS) is 13.8. The summed E-state index contributed by atoms with van der Waals surface area (Å²) in [7, 11) is 0. The van der Waals surface area contributed by atoms with Gasteiger partial charge < -0.3 is 4.42 Å². The number of furan rings is 1. The van der Waals surface area contributed by atoms with Gasteiger partial charge in [-0.25, -0.2) is 4.39 Å². The Hall–Kier alpha value is -2.86. The summed E-state index contributed by atoms with van der Waals surface area (Å²) in [6.07, 6.45) is 10.4. The average Bonchev–Trinajstić information content (AvgIpc) is 3.31. The molecule has 3 heteroatoms. The van der Waals surface area contributed by atoms with E-state index in [1.165, 1.54) is 6.07 Å². The van der Waals surface area contributed by atoms with Crippen LogP contribution in [0.5, 0.6) is 0 Å². The van der Waals surface area contributed by atoms with Crippen molar-refractivity contribution in [3.05, 3.63) is 70.7 Å². The van der Waals surface area contributed by atoms with Crippen molar-refractivity contribution in [2.45, 2.75) is 25.7 Å². The first kappa shape index (κ1) is 15.7. The highest BCUT2D eigenvalue weighted by molar-refractivity contribution is 6.02. The quantitative estimate of drug-likeness (QED) is 0.623. The Kier molecular flexibility index (Phi) is 4.11. The minimum atomic E-state index is -0.170. The van der Waals surface area contributed by atoms with Gasteiger partial charge in [-0.3, -0.25) is 4.99 Å². The highest BCUT2D eigenvalue weighted by atomic mass is 19.1. The van der Waals surface area contributed by atoms with E-state index in [2.05, 4.69) is 10.9 Å². The minimum absolute atomic E-state index is 0.170. The van der Waals surface area contributed by atoms with Gasteiger partial charge in [0, 0.05) is 28.8 Å². The lowest BCUT2D eigenvalue weighted by Gasteiger charge is -2.11. The lowest BCUT2D eigenvalue weighted by Crippen LogP contribution is -2.06. The molecule has 2 heterocycles. The molecule has 0 N–H and O–H groups in total. The Labute approximate surface area is 146 Å². The molecule has 4 rings (SSSR count). The summed E-state index contributed by atoms with van der Waals surface area (Å²) in [5.41, 5.74) is 5.36. The van der Waals surface area contributed by atoms with Crippen molar-refractivity contribution >= 4 is 16.7 Å². The first-order valence-electron chi connectivity index (χ1n) is 8.54. The number of terminal acetylenes is 1. The lowest BCUT2D eigenvalue weighted by atomic mass is 9.94. The van der Waals surface area contributed by atoms with Crippen molar-refractivity contribution in [1.29, 1.82) is 0 Å². The number of aliphatic imine (C=N–C) groups is 1. The first-order valence-corrected chi connectivity index (χ1v) is 8.54. The van der Waals surface area contributed by atoms with E-state index in [1.54, 1.807) is 12.3 Å². The fourth-order valence-corrected chi connectivity index (χ4v) is 3.53. The van der Waals surface area contributed by atoms with Crippen LogP contribution < -0.4 is 0 Å². The summed E-state index contributed by atoms with van der Waals surface area (Å²) in [6.45, 7) is 0.836. The third kappa shape index (κ3) is 2.96. The summed E-state index contributed by atoms with van der Waals surface area (Å²) >= 11 is 0. The SMILES string of the molecule is C#Cc1cc(CCc2c(F)cccc2C2=NCCC2)c2occc2c1. The summed E-state index contributed by atoms with van der Waals surface area (Å²) < 4.78 is 20.1. The van der Waals surface area contributed by atoms with Crippen LogP contribution in [0.25, 0.3) is 11.0 Å². The van der Waals surface area contributed by atoms with Gasteiger partial charge in [0.1, 0.15) is 11.4 Å². The van der Waals surface area contributed by atoms with Crippen LogP contribution >= 0.6 is 0 Å². The van der Waals surface area contributed by atoms with E-state index in [0.717, 1.165) is 58.3 Å². The topological polar surface area (TPSA) is 25.5 Å². The molecule has 0 fully saturated rings. The smallest absolute Gasteiger partial charge is 0.137 e. The van der Waals surface area contributed by atoms with E-state index < -0.39 is 0 Å². The van der Waals surface area contributed by atoms with Crippen LogP contribution in [-0.2, 0) is 12.8 Å². The van der Waals surface area contributed by atoms with Gasteiger partial charge in [-0.15, -0.1) is 6.42 Å². The van der Waals surface area contributed by atoms with Crippen molar-refractivity contribution in [3.63, 3.8) is 0 Å². The number of fused-ring (bicyclic) bond motifs is 1. The molecule has 0 unspecified atom stereocenters. The maximum Gasteiger partial charge on any atom is 0.137 e. The molecule has 124 valence electrons. The maximum absolute atomic E-state index is 14.5. The van der Waals surface area contributed by atoms with Crippen molar-refractivity contribution in [2.24, 2.45) is 4.99 Å². The molecule has 0 spiro atoms. The molecular formula is C22H18FNO. The molecule has 2 nitrogen and oxygen atoms in total. The van der Waals surface area contributed by atoms with Crippen LogP contribution in [0.3, 0.4) is 0 Å². The van der Waals surface area contributed by atoms with E-state index in [9.17, 15) is 4.39 Å². The molecule has 0 radical (unpaired) electrons. The zero-order valence-corrected chi connectivity index (χ0v) is 13.9. The summed E-state index contributed by atoms with van der Waals surface area (Å²) in [6, 6.07) is 11.1. The highest BCUT2D eigenvalue weighted by Gasteiger charge is 2.17. The van der Waals surface area contributed by atoms with Gasteiger partial charge in [0.15, 0.2) is 0 Å². The van der Waals surface area contributed by atoms with E-state index in [0.29, 0.717) is 12.8 Å². The van der Waals surface area contributed by atoms with Crippen LogP contribution in [0.4, 0.5) is 4.39 Å². The Balaban J connectivity index is 1.69. The van der Waals surface area contributed by atoms with E-state index in [-0.39, 0.29) is 5.82 Å². The van der Waals surface area contributed by atoms with Gasteiger partial charge in [0.2, 0.25) is 0 Å². The number of rotatable bonds is 4. The Morgan fingerprint density at radius 2 is 2.12 bits per heavy atom. The molecule has 1 aromatic heterocycles. The number of halogens is 1. The Morgan fingerprint density at radius 3 is 2.92 bits per heavy atom. The number of hydrogen-bond acceptors (Lipinski definition) is 2. The fraction of sp³-hybridized carbons (Fsp3) is 0.227. The Morgan fingerprint density at radius 1 is 1.20 bits per heavy atom. The molecule has 0 saturated heterocycles. The maximum atomic E-state index is 14.5. The lowest BCUT2D eigenvalue weighted by molar-refractivity contribution is 0.601. The number of hydrogen-bond donors (Lipinski definition) is 0. The zero-order valence-electron chi connectivity index (χ0n) is 13.9. The van der Waals surface area contributed by atoms with Gasteiger partial charge in [-0.2, -0.15) is 0 Å². The largest absolute Gasteiger partial charge is 0.464 e. The molecular weight excluding hydrogens is 313 g/mol. The molecule has 25 heavy (non-hydrogen) atoms. The predicted molar refractivity (Wildman–Crippen MR) is 98.6 cm³/mol. The summed E-state index contributed by atoms with van der Waals surface area (Å²) in [5.74, 6) is 2.51. The standard InChI is InChI=1S/C22H18FNO/c1-2-15-13-16(22-17(14-15)10-12-25-22)8-9-18-19(5-3-6-20(18)23)21-7-4-11-24-21/h1,3,5-6,10,12-14H,4,7-9,11H2. The molecule has 2 aromatic carbocycles. The molecule has 0 amide bonds. The molecule has 0 aliphatic carbocycles. The minimum Gasteiger partial charge on any atom is -0.464 e. The summed E-state index contributed by atoms with van der Waals surface area (Å²) in [4.78, 5) is 4.54. The van der Waals surface area contributed by atoms with Crippen LogP contribution in [0.1, 0.15) is 35.1 Å². The highest BCUT2D eigenvalue weighted by Crippen LogP contribution is 2.26. The van der Waals surface area contributed by atoms with E-state index in [4.69, 9.17) is 10.8 Å². The number of nitrogens with zero attached hydrogens (tertiary/aromatic N) is 1.